The molecule has 0 radical (unpaired) electrons. The molecule has 2 amide bonds. The minimum Gasteiger partial charge on any atom is -0.398 e. The lowest BCUT2D eigenvalue weighted by Crippen LogP contribution is -2.17. The van der Waals surface area contributed by atoms with Crippen LogP contribution in [0, 0.1) is 0 Å². The largest absolute Gasteiger partial charge is 0.398 e. The van der Waals surface area contributed by atoms with Gasteiger partial charge in [-0.25, -0.2) is 0 Å². The van der Waals surface area contributed by atoms with Gasteiger partial charge in [0, 0.05) is 47.8 Å². The number of halogens is 3. The molecule has 12 heteroatoms. The van der Waals surface area contributed by atoms with Crippen LogP contribution < -0.4 is 27.8 Å². The van der Waals surface area contributed by atoms with Crippen LogP contribution in [0.4, 0.5) is 17.1 Å². The van der Waals surface area contributed by atoms with E-state index >= 15 is 0 Å². The van der Waals surface area contributed by atoms with Gasteiger partial charge >= 0.3 is 0 Å². The Labute approximate surface area is 227 Å². The topological polar surface area (TPSA) is 161 Å². The third-order valence-corrected chi connectivity index (χ3v) is 4.92. The van der Waals surface area contributed by atoms with Gasteiger partial charge in [-0.1, -0.05) is 0 Å². The van der Waals surface area contributed by atoms with Crippen LogP contribution >= 0.6 is 37.2 Å². The maximum atomic E-state index is 12.6. The van der Waals surface area contributed by atoms with Crippen molar-refractivity contribution >= 4 is 77.8 Å². The zero-order valence-electron chi connectivity index (χ0n) is 19.5. The molecule has 0 bridgehead atoms. The first-order chi connectivity index (χ1) is 15.8. The molecule has 0 unspecified atom stereocenters. The van der Waals surface area contributed by atoms with Crippen LogP contribution in [0.15, 0.2) is 76.7 Å². The fourth-order valence-electron chi connectivity index (χ4n) is 3.02. The maximum Gasteiger partial charge on any atom is 0.257 e. The number of aliphatic imine (C=N–C) groups is 2. The monoisotopic (exact) mass is 551 g/mol. The van der Waals surface area contributed by atoms with Crippen molar-refractivity contribution in [1.29, 1.82) is 0 Å². The third-order valence-electron chi connectivity index (χ3n) is 4.92. The second-order valence-electron chi connectivity index (χ2n) is 7.08. The number of carbonyl (C=O) groups excluding carboxylic acids is 2. The molecular formula is C24H28Cl3N7O2. The smallest absolute Gasteiger partial charge is 0.257 e. The highest BCUT2D eigenvalue weighted by Crippen LogP contribution is 2.19. The van der Waals surface area contributed by atoms with E-state index in [1.54, 1.807) is 62.6 Å². The zero-order chi connectivity index (χ0) is 24.0. The number of amidine groups is 2. The normalized spacial score (nSPS) is 10.7. The molecule has 0 fully saturated rings. The number of benzene rings is 3. The molecule has 3 rings (SSSR count). The van der Waals surface area contributed by atoms with Gasteiger partial charge in [0.15, 0.2) is 0 Å². The summed E-state index contributed by atoms with van der Waals surface area (Å²) in [4.78, 5) is 33.1. The van der Waals surface area contributed by atoms with Crippen LogP contribution in [-0.4, -0.2) is 37.6 Å². The van der Waals surface area contributed by atoms with E-state index in [4.69, 9.17) is 17.2 Å². The van der Waals surface area contributed by atoms with Crippen LogP contribution in [-0.2, 0) is 0 Å². The summed E-state index contributed by atoms with van der Waals surface area (Å²) < 4.78 is 0. The molecule has 0 saturated carbocycles. The lowest BCUT2D eigenvalue weighted by Gasteiger charge is -2.11. The second-order valence-corrected chi connectivity index (χ2v) is 7.08. The Balaban J connectivity index is 0.00000408. The molecule has 3 aromatic rings. The van der Waals surface area contributed by atoms with Gasteiger partial charge in [-0.3, -0.25) is 19.6 Å². The summed E-state index contributed by atoms with van der Waals surface area (Å²) in [5.74, 6) is 0.0599. The first-order valence-electron chi connectivity index (χ1n) is 10.00. The molecule has 3 aromatic carbocycles. The number of nitrogens with two attached hydrogens (primary N) is 3. The Bertz CT molecular complexity index is 1250. The number of anilines is 3. The van der Waals surface area contributed by atoms with Gasteiger partial charge in [0.05, 0.1) is 5.56 Å². The van der Waals surface area contributed by atoms with Crippen LogP contribution in [0.2, 0.25) is 0 Å². The van der Waals surface area contributed by atoms with Crippen molar-refractivity contribution in [2.45, 2.75) is 0 Å². The summed E-state index contributed by atoms with van der Waals surface area (Å²) >= 11 is 0. The predicted molar refractivity (Wildman–Crippen MR) is 155 cm³/mol. The van der Waals surface area contributed by atoms with E-state index in [-0.39, 0.29) is 54.4 Å². The molecule has 0 aliphatic rings. The molecule has 0 atom stereocenters. The molecule has 0 aliphatic carbocycles. The highest BCUT2D eigenvalue weighted by atomic mass is 35.5. The summed E-state index contributed by atoms with van der Waals surface area (Å²) in [6, 6.07) is 18.4. The van der Waals surface area contributed by atoms with Crippen molar-refractivity contribution in [1.82, 2.24) is 0 Å². The maximum absolute atomic E-state index is 12.6. The first kappa shape index (κ1) is 32.2. The Morgan fingerprint density at radius 1 is 0.639 bits per heavy atom. The quantitative estimate of drug-likeness (QED) is 0.179. The average Bonchev–Trinajstić information content (AvgIpc) is 2.83. The Kier molecular flexibility index (Phi) is 13.0. The van der Waals surface area contributed by atoms with Crippen molar-refractivity contribution < 1.29 is 9.59 Å². The van der Waals surface area contributed by atoms with Crippen LogP contribution in [0.1, 0.15) is 31.8 Å². The zero-order valence-corrected chi connectivity index (χ0v) is 22.0. The fourth-order valence-corrected chi connectivity index (χ4v) is 3.02. The number of hydrogen-bond acceptors (Lipinski definition) is 5. The molecule has 0 spiro atoms. The van der Waals surface area contributed by atoms with E-state index in [0.29, 0.717) is 28.6 Å². The molecule has 0 heterocycles. The van der Waals surface area contributed by atoms with Gasteiger partial charge in [0.1, 0.15) is 11.7 Å². The molecule has 9 nitrogen and oxygen atoms in total. The summed E-state index contributed by atoms with van der Waals surface area (Å²) in [5, 5.41) is 5.55. The Morgan fingerprint density at radius 3 is 1.42 bits per heavy atom. The number of carbonyl (C=O) groups is 2. The van der Waals surface area contributed by atoms with E-state index in [0.717, 1.165) is 11.1 Å². The first-order valence-corrected chi connectivity index (χ1v) is 10.00. The van der Waals surface area contributed by atoms with Gasteiger partial charge < -0.3 is 27.8 Å². The molecule has 192 valence electrons. The Morgan fingerprint density at radius 2 is 1.03 bits per heavy atom. The number of nitrogen functional groups attached to an aromatic ring is 1. The Hall–Kier alpha value is -3.79. The number of rotatable bonds is 6. The van der Waals surface area contributed by atoms with E-state index in [1.165, 1.54) is 18.2 Å². The third kappa shape index (κ3) is 7.88. The molecule has 0 aliphatic heterocycles. The van der Waals surface area contributed by atoms with Crippen molar-refractivity contribution in [2.24, 2.45) is 21.5 Å². The standard InChI is InChI=1S/C24H25N7O2.3ClH/c1-28-21(26)14-3-8-17(9-4-14)30-23(32)16-7-12-19(20(25)13-16)24(33)31-18-10-5-15(6-11-18)22(27)29-2;;;/h3-13H,25H2,1-2H3,(H2,26,28)(H2,27,29)(H,30,32)(H,31,33);3*1H. The van der Waals surface area contributed by atoms with Crippen LogP contribution in [0.5, 0.6) is 0 Å². The van der Waals surface area contributed by atoms with Gasteiger partial charge in [0.25, 0.3) is 11.8 Å². The predicted octanol–water partition coefficient (Wildman–Crippen LogP) is 3.71. The van der Waals surface area contributed by atoms with Gasteiger partial charge in [-0.05, 0) is 66.7 Å². The molecule has 36 heavy (non-hydrogen) atoms. The van der Waals surface area contributed by atoms with Gasteiger partial charge in [-0.15, -0.1) is 37.2 Å². The molecule has 8 N–H and O–H groups in total. The number of nitrogens with zero attached hydrogens (tertiary/aromatic N) is 2. The van der Waals surface area contributed by atoms with Crippen LogP contribution in [0.3, 0.4) is 0 Å². The minimum absolute atomic E-state index is 0. The summed E-state index contributed by atoms with van der Waals surface area (Å²) in [6.45, 7) is 0. The van der Waals surface area contributed by atoms with E-state index in [2.05, 4.69) is 20.6 Å². The van der Waals surface area contributed by atoms with E-state index in [1.807, 2.05) is 0 Å². The molecule has 0 saturated heterocycles. The fraction of sp³-hybridized carbons (Fsp3) is 0.0833. The SMILES string of the molecule is CN=C(N)c1ccc(NC(=O)c2ccc(C(=O)Nc3ccc(C(N)=NC)cc3)c(N)c2)cc1.Cl.Cl.Cl. The molecular weight excluding hydrogens is 525 g/mol. The summed E-state index contributed by atoms with van der Waals surface area (Å²) in [5.41, 5.74) is 21.0. The van der Waals surface area contributed by atoms with E-state index in [9.17, 15) is 9.59 Å². The van der Waals surface area contributed by atoms with Crippen molar-refractivity contribution in [2.75, 3.05) is 30.5 Å². The highest BCUT2D eigenvalue weighted by Gasteiger charge is 2.14. The number of nitrogens with one attached hydrogen (secondary N) is 2. The summed E-state index contributed by atoms with van der Waals surface area (Å²) in [6.07, 6.45) is 0. The second kappa shape index (κ2) is 14.6. The average molecular weight is 553 g/mol. The molecule has 0 aromatic heterocycles. The van der Waals surface area contributed by atoms with E-state index < -0.39 is 5.91 Å². The van der Waals surface area contributed by atoms with Crippen molar-refractivity contribution in [3.63, 3.8) is 0 Å². The highest BCUT2D eigenvalue weighted by molar-refractivity contribution is 6.10. The lowest BCUT2D eigenvalue weighted by molar-refractivity contribution is 0.101. The summed E-state index contributed by atoms with van der Waals surface area (Å²) in [7, 11) is 3.21. The van der Waals surface area contributed by atoms with Gasteiger partial charge in [0.2, 0.25) is 0 Å². The van der Waals surface area contributed by atoms with Gasteiger partial charge in [-0.2, -0.15) is 0 Å². The number of hydrogen-bond donors (Lipinski definition) is 5. The van der Waals surface area contributed by atoms with Crippen molar-refractivity contribution in [3.8, 4) is 0 Å². The lowest BCUT2D eigenvalue weighted by atomic mass is 10.1. The van der Waals surface area contributed by atoms with Crippen molar-refractivity contribution in [3.05, 3.63) is 89.0 Å². The number of amides is 2. The van der Waals surface area contributed by atoms with Crippen LogP contribution in [0.25, 0.3) is 0 Å². The minimum atomic E-state index is -0.393.